The zero-order chi connectivity index (χ0) is 21.6. The molecule has 10 heteroatoms. The van der Waals surface area contributed by atoms with Gasteiger partial charge in [0.15, 0.2) is 11.5 Å². The minimum atomic E-state index is -0.943. The van der Waals surface area contributed by atoms with Gasteiger partial charge in [-0.1, -0.05) is 5.16 Å². The molecule has 3 heterocycles. The van der Waals surface area contributed by atoms with Crippen LogP contribution < -0.4 is 10.7 Å². The van der Waals surface area contributed by atoms with E-state index in [1.54, 1.807) is 26.0 Å². The highest BCUT2D eigenvalue weighted by molar-refractivity contribution is 5.89. The first-order chi connectivity index (χ1) is 14.3. The smallest absolute Gasteiger partial charge is 0.221 e. The highest BCUT2D eigenvalue weighted by Gasteiger charge is 2.18. The van der Waals surface area contributed by atoms with Crippen molar-refractivity contribution in [3.8, 4) is 16.9 Å². The molecule has 0 aliphatic heterocycles. The minimum Gasteiger partial charge on any atom is -0.361 e. The van der Waals surface area contributed by atoms with Crippen molar-refractivity contribution in [1.82, 2.24) is 19.9 Å². The van der Waals surface area contributed by atoms with Crippen LogP contribution >= 0.6 is 0 Å². The normalized spacial score (nSPS) is 11.1. The van der Waals surface area contributed by atoms with Gasteiger partial charge >= 0.3 is 0 Å². The van der Waals surface area contributed by atoms with Gasteiger partial charge in [0.1, 0.15) is 17.3 Å². The summed E-state index contributed by atoms with van der Waals surface area (Å²) in [5, 5.41) is 10.4. The quantitative estimate of drug-likeness (QED) is 0.555. The number of aryl methyl sites for hydroxylation is 2. The van der Waals surface area contributed by atoms with Crippen LogP contribution in [0, 0.1) is 25.5 Å². The second-order valence-corrected chi connectivity index (χ2v) is 6.65. The Balaban J connectivity index is 2.00. The van der Waals surface area contributed by atoms with Gasteiger partial charge in [0, 0.05) is 13.0 Å². The number of amides is 1. The van der Waals surface area contributed by atoms with Gasteiger partial charge in [-0.15, -0.1) is 0 Å². The molecule has 30 heavy (non-hydrogen) atoms. The number of aromatic nitrogens is 4. The summed E-state index contributed by atoms with van der Waals surface area (Å²) < 4.78 is 34.9. The van der Waals surface area contributed by atoms with Crippen molar-refractivity contribution in [3.63, 3.8) is 0 Å². The van der Waals surface area contributed by atoms with Crippen LogP contribution in [0.3, 0.4) is 0 Å². The van der Waals surface area contributed by atoms with E-state index in [2.05, 4.69) is 20.6 Å². The summed E-state index contributed by atoms with van der Waals surface area (Å²) in [6.07, 6.45) is 1.01. The Morgan fingerprint density at radius 3 is 2.60 bits per heavy atom. The van der Waals surface area contributed by atoms with Gasteiger partial charge in [-0.2, -0.15) is 5.10 Å². The van der Waals surface area contributed by atoms with Crippen molar-refractivity contribution in [2.24, 2.45) is 0 Å². The third-order valence-corrected chi connectivity index (χ3v) is 4.50. The van der Waals surface area contributed by atoms with Crippen LogP contribution in [0.15, 0.2) is 39.8 Å². The second-order valence-electron chi connectivity index (χ2n) is 6.65. The maximum Gasteiger partial charge on any atom is 0.221 e. The van der Waals surface area contributed by atoms with Gasteiger partial charge in [-0.3, -0.25) is 9.59 Å². The maximum atomic E-state index is 14.6. The van der Waals surface area contributed by atoms with Crippen LogP contribution in [0.5, 0.6) is 0 Å². The van der Waals surface area contributed by atoms with Crippen molar-refractivity contribution in [2.45, 2.75) is 20.8 Å². The summed E-state index contributed by atoms with van der Waals surface area (Å²) in [5.74, 6) is -1.88. The van der Waals surface area contributed by atoms with Crippen molar-refractivity contribution in [1.29, 1.82) is 0 Å². The molecular formula is C20H15F2N5O3. The van der Waals surface area contributed by atoms with E-state index in [9.17, 15) is 18.4 Å². The number of nitrogens with zero attached hydrogens (tertiary/aromatic N) is 4. The lowest BCUT2D eigenvalue weighted by Gasteiger charge is -2.13. The zero-order valence-corrected chi connectivity index (χ0v) is 16.2. The number of halogens is 2. The number of carbonyl (C=O) groups excluding carboxylic acids is 1. The molecule has 1 N–H and O–H groups in total. The van der Waals surface area contributed by atoms with E-state index < -0.39 is 23.0 Å². The fourth-order valence-electron chi connectivity index (χ4n) is 3.19. The van der Waals surface area contributed by atoms with E-state index in [1.165, 1.54) is 6.92 Å². The Kier molecular flexibility index (Phi) is 4.61. The number of benzene rings is 1. The van der Waals surface area contributed by atoms with E-state index in [1.807, 2.05) is 0 Å². The first-order valence-electron chi connectivity index (χ1n) is 8.85. The third kappa shape index (κ3) is 3.21. The van der Waals surface area contributed by atoms with Gasteiger partial charge in [0.25, 0.3) is 0 Å². The molecule has 0 radical (unpaired) electrons. The first-order valence-corrected chi connectivity index (χ1v) is 8.85. The number of hydrogen-bond acceptors (Lipinski definition) is 6. The number of anilines is 1. The lowest BCUT2D eigenvalue weighted by molar-refractivity contribution is -0.114. The molecule has 4 aromatic rings. The second kappa shape index (κ2) is 7.14. The lowest BCUT2D eigenvalue weighted by Crippen LogP contribution is -2.15. The minimum absolute atomic E-state index is 0.0549. The molecule has 0 unspecified atom stereocenters. The van der Waals surface area contributed by atoms with Gasteiger partial charge in [-0.05, 0) is 32.0 Å². The summed E-state index contributed by atoms with van der Waals surface area (Å²) in [7, 11) is 0. The Morgan fingerprint density at radius 1 is 1.17 bits per heavy atom. The number of carbonyl (C=O) groups is 1. The molecule has 1 amide bonds. The summed E-state index contributed by atoms with van der Waals surface area (Å²) >= 11 is 0. The molecule has 0 fully saturated rings. The van der Waals surface area contributed by atoms with Crippen LogP contribution in [0.25, 0.3) is 28.0 Å². The van der Waals surface area contributed by atoms with Crippen molar-refractivity contribution < 1.29 is 18.1 Å². The fraction of sp³-hybridized carbons (Fsp3) is 0.150. The first kappa shape index (κ1) is 19.4. The maximum absolute atomic E-state index is 14.6. The van der Waals surface area contributed by atoms with E-state index in [0.717, 1.165) is 16.9 Å². The molecule has 4 rings (SSSR count). The number of hydrogen-bond donors (Lipinski definition) is 1. The molecule has 0 saturated carbocycles. The molecule has 1 aromatic carbocycles. The van der Waals surface area contributed by atoms with Gasteiger partial charge in [-0.25, -0.2) is 18.4 Å². The van der Waals surface area contributed by atoms with E-state index >= 15 is 0 Å². The zero-order valence-electron chi connectivity index (χ0n) is 16.2. The van der Waals surface area contributed by atoms with Crippen LogP contribution in [0.1, 0.15) is 18.4 Å². The Bertz CT molecular complexity index is 1360. The molecule has 3 aromatic heterocycles. The Hall–Kier alpha value is -3.95. The molecular weight excluding hydrogens is 396 g/mol. The summed E-state index contributed by atoms with van der Waals surface area (Å²) in [6.45, 7) is 4.66. The molecule has 152 valence electrons. The Labute approximate surface area is 168 Å². The standard InChI is InChI=1S/C20H15F2N5O3/c1-9-19(10(2)30-26-9)15-5-4-12-18(29)8-23-27(20(12)25-15)17-7-16(24-11(3)28)13(21)6-14(17)22/h4-8H,1-3H3,(H,24,28). The SMILES string of the molecule is CC(=O)Nc1cc(-n2ncc(=O)c3ccc(-c4c(C)noc4C)nc32)c(F)cc1F. The van der Waals surface area contributed by atoms with Crippen LogP contribution in [-0.2, 0) is 4.79 Å². The fourth-order valence-corrected chi connectivity index (χ4v) is 3.19. The molecule has 8 nitrogen and oxygen atoms in total. The van der Waals surface area contributed by atoms with Gasteiger partial charge in [0.05, 0.1) is 34.2 Å². The molecule has 0 bridgehead atoms. The Morgan fingerprint density at radius 2 is 1.93 bits per heavy atom. The molecule has 0 atom stereocenters. The van der Waals surface area contributed by atoms with Crippen molar-refractivity contribution >= 4 is 22.6 Å². The lowest BCUT2D eigenvalue weighted by atomic mass is 10.1. The third-order valence-electron chi connectivity index (χ3n) is 4.50. The van der Waals surface area contributed by atoms with Crippen molar-refractivity contribution in [2.75, 3.05) is 5.32 Å². The summed E-state index contributed by atoms with van der Waals surface area (Å²) in [5.41, 5.74) is 0.909. The molecule has 0 saturated heterocycles. The highest BCUT2D eigenvalue weighted by Crippen LogP contribution is 2.28. The van der Waals surface area contributed by atoms with Crippen LogP contribution in [-0.4, -0.2) is 25.8 Å². The average molecular weight is 411 g/mol. The largest absolute Gasteiger partial charge is 0.361 e. The molecule has 0 aliphatic carbocycles. The van der Waals surface area contributed by atoms with E-state index in [-0.39, 0.29) is 22.4 Å². The molecule has 0 spiro atoms. The number of fused-ring (bicyclic) bond motifs is 1. The number of nitrogens with one attached hydrogen (secondary N) is 1. The van der Waals surface area contributed by atoms with E-state index in [4.69, 9.17) is 4.52 Å². The topological polar surface area (TPSA) is 103 Å². The number of rotatable bonds is 3. The highest BCUT2D eigenvalue weighted by atomic mass is 19.1. The van der Waals surface area contributed by atoms with Crippen LogP contribution in [0.4, 0.5) is 14.5 Å². The van der Waals surface area contributed by atoms with Gasteiger partial charge < -0.3 is 9.84 Å². The average Bonchev–Trinajstić information content (AvgIpc) is 3.02. The van der Waals surface area contributed by atoms with E-state index in [0.29, 0.717) is 28.8 Å². The van der Waals surface area contributed by atoms with Crippen molar-refractivity contribution in [3.05, 3.63) is 63.8 Å². The number of pyridine rings is 1. The summed E-state index contributed by atoms with van der Waals surface area (Å²) in [4.78, 5) is 28.1. The van der Waals surface area contributed by atoms with Crippen LogP contribution in [0.2, 0.25) is 0 Å². The predicted molar refractivity (Wildman–Crippen MR) is 104 cm³/mol. The monoisotopic (exact) mass is 411 g/mol. The van der Waals surface area contributed by atoms with Gasteiger partial charge in [0.2, 0.25) is 11.3 Å². The summed E-state index contributed by atoms with van der Waals surface area (Å²) in [6, 6.07) is 4.89. The molecule has 0 aliphatic rings. The predicted octanol–water partition coefficient (Wildman–Crippen LogP) is 3.29.